The Morgan fingerprint density at radius 1 is 1.00 bits per heavy atom. The Morgan fingerprint density at radius 3 is 2.04 bits per heavy atom. The third kappa shape index (κ3) is 14.7. The number of quaternary nitrogens is 1. The molecule has 0 aliphatic rings. The van der Waals surface area contributed by atoms with Gasteiger partial charge in [-0.05, 0) is 26.2 Å². The van der Waals surface area contributed by atoms with Crippen molar-refractivity contribution in [3.05, 3.63) is 12.2 Å². The van der Waals surface area contributed by atoms with E-state index >= 15 is 0 Å². The molecule has 0 bridgehead atoms. The summed E-state index contributed by atoms with van der Waals surface area (Å²) in [7, 11) is 0.546. The van der Waals surface area contributed by atoms with Crippen LogP contribution >= 0.6 is 0 Å². The van der Waals surface area contributed by atoms with Gasteiger partial charge in [0, 0.05) is 12.0 Å². The number of carbonyl (C=O) groups is 1. The van der Waals surface area contributed by atoms with E-state index in [1.807, 2.05) is 0 Å². The summed E-state index contributed by atoms with van der Waals surface area (Å²) in [6, 6.07) is 0. The molecule has 0 radical (unpaired) electrons. The van der Waals surface area contributed by atoms with E-state index in [0.717, 1.165) is 56.1 Å². The molecule has 0 aliphatic carbocycles. The van der Waals surface area contributed by atoms with Crippen LogP contribution in [-0.4, -0.2) is 63.0 Å². The summed E-state index contributed by atoms with van der Waals surface area (Å²) in [5.74, 6) is -0.457. The molecule has 1 N–H and O–H groups in total. The highest BCUT2D eigenvalue weighted by Gasteiger charge is 2.14. The minimum absolute atomic E-state index is 0.132. The number of carbonyl (C=O) groups excluding carboxylic acids is 1. The highest BCUT2D eigenvalue weighted by atomic mass is 32.2. The van der Waals surface area contributed by atoms with Gasteiger partial charge in [0.2, 0.25) is 0 Å². The van der Waals surface area contributed by atoms with Crippen LogP contribution in [0, 0.1) is 0 Å². The average Bonchev–Trinajstić information content (AvgIpc) is 2.44. The maximum absolute atomic E-state index is 11.3. The molecule has 0 unspecified atom stereocenters. The summed E-state index contributed by atoms with van der Waals surface area (Å²) < 4.78 is 35.8. The first-order valence-corrected chi connectivity index (χ1v) is 10.2. The van der Waals surface area contributed by atoms with Gasteiger partial charge in [-0.3, -0.25) is 4.55 Å². The first-order chi connectivity index (χ1) is 11.0. The van der Waals surface area contributed by atoms with Crippen LogP contribution in [0.15, 0.2) is 12.2 Å². The molecule has 0 amide bonds. The summed E-state index contributed by atoms with van der Waals surface area (Å²) in [4.78, 5) is 11.3. The smallest absolute Gasteiger partial charge is 0.333 e. The molecule has 0 aromatic rings. The Morgan fingerprint density at radius 2 is 1.50 bits per heavy atom. The third-order valence-electron chi connectivity index (χ3n) is 3.91. The maximum Gasteiger partial charge on any atom is 0.333 e. The lowest BCUT2D eigenvalue weighted by atomic mass is 10.1. The van der Waals surface area contributed by atoms with Crippen molar-refractivity contribution < 1.29 is 27.0 Å². The van der Waals surface area contributed by atoms with Gasteiger partial charge in [-0.15, -0.1) is 0 Å². The van der Waals surface area contributed by atoms with Gasteiger partial charge in [-0.25, -0.2) is 4.79 Å². The molecule has 0 aliphatic heterocycles. The molecule has 24 heavy (non-hydrogen) atoms. The quantitative estimate of drug-likeness (QED) is 0.168. The number of hydrogen-bond acceptors (Lipinski definition) is 4. The SMILES string of the molecule is C=C(C)C(=O)OCCC[N+](C)(C)CCCCCCCCS(=O)(=O)O. The fourth-order valence-corrected chi connectivity index (χ4v) is 2.99. The highest BCUT2D eigenvalue weighted by Crippen LogP contribution is 2.09. The number of rotatable bonds is 14. The van der Waals surface area contributed by atoms with Crippen LogP contribution in [0.2, 0.25) is 0 Å². The summed E-state index contributed by atoms with van der Waals surface area (Å²) in [5, 5.41) is 0. The zero-order chi connectivity index (χ0) is 18.6. The van der Waals surface area contributed by atoms with E-state index < -0.39 is 10.1 Å². The van der Waals surface area contributed by atoms with Crippen molar-refractivity contribution in [2.75, 3.05) is 39.5 Å². The van der Waals surface area contributed by atoms with Crippen molar-refractivity contribution in [3.63, 3.8) is 0 Å². The second-order valence-corrected chi connectivity index (χ2v) is 8.63. The van der Waals surface area contributed by atoms with Crippen LogP contribution < -0.4 is 0 Å². The largest absolute Gasteiger partial charge is 0.462 e. The van der Waals surface area contributed by atoms with Crippen molar-refractivity contribution in [3.8, 4) is 0 Å². The average molecular weight is 365 g/mol. The minimum atomic E-state index is -3.80. The molecule has 0 aromatic heterocycles. The van der Waals surface area contributed by atoms with Crippen molar-refractivity contribution in [1.82, 2.24) is 0 Å². The normalized spacial score (nSPS) is 12.2. The second-order valence-electron chi connectivity index (χ2n) is 7.06. The molecule has 0 heterocycles. The fourth-order valence-electron chi connectivity index (χ4n) is 2.42. The first-order valence-electron chi connectivity index (χ1n) is 8.63. The standard InChI is InChI=1S/C17H33NO5S/c1-16(2)17(19)23-14-11-13-18(3,4)12-9-7-5-6-8-10-15-24(20,21)22/h1,5-15H2,2-4H3/p+1. The number of esters is 1. The van der Waals surface area contributed by atoms with Gasteiger partial charge in [-0.2, -0.15) is 8.42 Å². The third-order valence-corrected chi connectivity index (χ3v) is 4.71. The lowest BCUT2D eigenvalue weighted by Crippen LogP contribution is -2.41. The maximum atomic E-state index is 11.3. The minimum Gasteiger partial charge on any atom is -0.462 e. The van der Waals surface area contributed by atoms with Crippen LogP contribution in [0.5, 0.6) is 0 Å². The molecule has 0 saturated heterocycles. The second kappa shape index (κ2) is 11.6. The van der Waals surface area contributed by atoms with E-state index in [4.69, 9.17) is 9.29 Å². The van der Waals surface area contributed by atoms with Crippen molar-refractivity contribution in [1.29, 1.82) is 0 Å². The predicted molar refractivity (Wildman–Crippen MR) is 96.4 cm³/mol. The van der Waals surface area contributed by atoms with E-state index in [9.17, 15) is 13.2 Å². The van der Waals surface area contributed by atoms with Crippen LogP contribution in [0.4, 0.5) is 0 Å². The molecule has 0 spiro atoms. The van der Waals surface area contributed by atoms with Crippen molar-refractivity contribution in [2.24, 2.45) is 0 Å². The molecule has 0 rings (SSSR count). The molecular formula is C17H34NO5S+. The molecule has 7 heteroatoms. The topological polar surface area (TPSA) is 80.7 Å². The molecular weight excluding hydrogens is 330 g/mol. The van der Waals surface area contributed by atoms with E-state index in [1.165, 1.54) is 0 Å². The van der Waals surface area contributed by atoms with E-state index in [1.54, 1.807) is 6.92 Å². The molecule has 6 nitrogen and oxygen atoms in total. The van der Waals surface area contributed by atoms with Crippen LogP contribution in [-0.2, 0) is 19.6 Å². The van der Waals surface area contributed by atoms with Crippen molar-refractivity contribution in [2.45, 2.75) is 51.9 Å². The van der Waals surface area contributed by atoms with Gasteiger partial charge < -0.3 is 9.22 Å². The molecule has 0 atom stereocenters. The van der Waals surface area contributed by atoms with Gasteiger partial charge in [0.1, 0.15) is 0 Å². The Kier molecular flexibility index (Phi) is 11.2. The van der Waals surface area contributed by atoms with Gasteiger partial charge in [0.05, 0.1) is 39.5 Å². The summed E-state index contributed by atoms with van der Waals surface area (Å²) in [5.41, 5.74) is 0.431. The van der Waals surface area contributed by atoms with Crippen LogP contribution in [0.3, 0.4) is 0 Å². The predicted octanol–water partition coefficient (Wildman–Crippen LogP) is 2.80. The Labute approximate surface area is 147 Å². The molecule has 142 valence electrons. The zero-order valence-corrected chi connectivity index (χ0v) is 16.2. The molecule has 0 saturated carbocycles. The van der Waals surface area contributed by atoms with Crippen LogP contribution in [0.25, 0.3) is 0 Å². The monoisotopic (exact) mass is 364 g/mol. The molecule has 0 aromatic carbocycles. The van der Waals surface area contributed by atoms with E-state index in [0.29, 0.717) is 18.6 Å². The Balaban J connectivity index is 3.60. The number of unbranched alkanes of at least 4 members (excludes halogenated alkanes) is 5. The van der Waals surface area contributed by atoms with Crippen LogP contribution in [0.1, 0.15) is 51.9 Å². The zero-order valence-electron chi connectivity index (χ0n) is 15.4. The number of hydrogen-bond donors (Lipinski definition) is 1. The number of ether oxygens (including phenoxy) is 1. The van der Waals surface area contributed by atoms with E-state index in [-0.39, 0.29) is 11.7 Å². The van der Waals surface area contributed by atoms with Gasteiger partial charge in [0.25, 0.3) is 10.1 Å². The lowest BCUT2D eigenvalue weighted by Gasteiger charge is -2.29. The fraction of sp³-hybridized carbons (Fsp3) is 0.824. The lowest BCUT2D eigenvalue weighted by molar-refractivity contribution is -0.890. The van der Waals surface area contributed by atoms with Gasteiger partial charge in [-0.1, -0.05) is 25.8 Å². The summed E-state index contributed by atoms with van der Waals surface area (Å²) in [6.07, 6.45) is 6.54. The Bertz CT molecular complexity index is 485. The van der Waals surface area contributed by atoms with Gasteiger partial charge >= 0.3 is 5.97 Å². The highest BCUT2D eigenvalue weighted by molar-refractivity contribution is 7.85. The summed E-state index contributed by atoms with van der Waals surface area (Å²) >= 11 is 0. The van der Waals surface area contributed by atoms with E-state index in [2.05, 4.69) is 20.7 Å². The van der Waals surface area contributed by atoms with Gasteiger partial charge in [0.15, 0.2) is 0 Å². The number of nitrogens with zero attached hydrogens (tertiary/aromatic N) is 1. The van der Waals surface area contributed by atoms with Crippen molar-refractivity contribution >= 4 is 16.1 Å². The summed E-state index contributed by atoms with van der Waals surface area (Å²) in [6.45, 7) is 7.65. The Hall–Kier alpha value is -0.920. The molecule has 0 fully saturated rings. The first kappa shape index (κ1) is 23.1.